The van der Waals surface area contributed by atoms with Crippen molar-refractivity contribution >= 4 is 30.7 Å². The number of rotatable bonds is 2. The molecule has 0 spiro atoms. The number of halogens is 5. The smallest absolute Gasteiger partial charge is 0.340 e. The van der Waals surface area contributed by atoms with Gasteiger partial charge in [-0.2, -0.15) is 13.2 Å². The monoisotopic (exact) mass is 337 g/mol. The van der Waals surface area contributed by atoms with E-state index in [0.29, 0.717) is 38.9 Å². The van der Waals surface area contributed by atoms with Gasteiger partial charge in [-0.05, 0) is 19.3 Å². The van der Waals surface area contributed by atoms with E-state index >= 15 is 0 Å². The van der Waals surface area contributed by atoms with Crippen LogP contribution in [0.5, 0.6) is 0 Å². The molecule has 0 aromatic carbocycles. The zero-order chi connectivity index (χ0) is 13.4. The Hall–Kier alpha value is -0.240. The van der Waals surface area contributed by atoms with Crippen molar-refractivity contribution in [3.63, 3.8) is 0 Å². The molecular formula is C11H20Cl2F3N3O. The topological polar surface area (TPSA) is 49.6 Å². The van der Waals surface area contributed by atoms with Crippen LogP contribution in [-0.2, 0) is 4.79 Å². The van der Waals surface area contributed by atoms with Gasteiger partial charge in [0.25, 0.3) is 0 Å². The van der Waals surface area contributed by atoms with Crippen LogP contribution in [0.2, 0.25) is 0 Å². The van der Waals surface area contributed by atoms with Crippen molar-refractivity contribution in [2.24, 2.45) is 5.73 Å². The Morgan fingerprint density at radius 1 is 1.10 bits per heavy atom. The molecule has 0 bridgehead atoms. The average molecular weight is 338 g/mol. The number of hydrogen-bond acceptors (Lipinski definition) is 3. The number of carbonyl (C=O) groups excluding carboxylic acids is 1. The first-order valence-corrected chi connectivity index (χ1v) is 6.18. The Balaban J connectivity index is 0.00000180. The lowest BCUT2D eigenvalue weighted by Gasteiger charge is -2.24. The molecule has 2 aliphatic rings. The minimum Gasteiger partial charge on any atom is -0.340 e. The van der Waals surface area contributed by atoms with E-state index in [1.54, 1.807) is 4.90 Å². The summed E-state index contributed by atoms with van der Waals surface area (Å²) >= 11 is 0. The fourth-order valence-corrected chi connectivity index (χ4v) is 2.25. The molecule has 0 aromatic heterocycles. The molecule has 1 aliphatic carbocycles. The van der Waals surface area contributed by atoms with Gasteiger partial charge in [-0.25, -0.2) is 0 Å². The van der Waals surface area contributed by atoms with Crippen LogP contribution in [-0.4, -0.2) is 60.1 Å². The van der Waals surface area contributed by atoms with E-state index in [1.165, 1.54) is 4.90 Å². The normalized spacial score (nSPS) is 22.3. The van der Waals surface area contributed by atoms with E-state index in [-0.39, 0.29) is 37.3 Å². The van der Waals surface area contributed by atoms with Crippen LogP contribution in [0.4, 0.5) is 13.2 Å². The molecule has 1 aliphatic heterocycles. The molecule has 1 saturated carbocycles. The molecule has 2 fully saturated rings. The summed E-state index contributed by atoms with van der Waals surface area (Å²) in [5.74, 6) is -0.101. The Bertz CT molecular complexity index is 337. The van der Waals surface area contributed by atoms with Gasteiger partial charge in [0.15, 0.2) is 0 Å². The second-order valence-corrected chi connectivity index (χ2v) is 5.19. The van der Waals surface area contributed by atoms with Crippen molar-refractivity contribution in [2.75, 3.05) is 32.7 Å². The summed E-state index contributed by atoms with van der Waals surface area (Å²) in [6.45, 7) is 0.588. The van der Waals surface area contributed by atoms with Crippen LogP contribution in [0.1, 0.15) is 19.3 Å². The number of hydrogen-bond donors (Lipinski definition) is 1. The van der Waals surface area contributed by atoms with Gasteiger partial charge in [0.05, 0.1) is 12.1 Å². The SMILES string of the molecule is Cl.Cl.NC1(C(=O)N2CCCN(CC(F)(F)F)CC2)CC1. The largest absolute Gasteiger partial charge is 0.401 e. The molecule has 1 heterocycles. The summed E-state index contributed by atoms with van der Waals surface area (Å²) in [4.78, 5) is 15.0. The molecule has 20 heavy (non-hydrogen) atoms. The molecule has 9 heteroatoms. The summed E-state index contributed by atoms with van der Waals surface area (Å²) in [5, 5.41) is 0. The fourth-order valence-electron chi connectivity index (χ4n) is 2.25. The van der Waals surface area contributed by atoms with Crippen molar-refractivity contribution in [3.05, 3.63) is 0 Å². The molecule has 1 amide bonds. The van der Waals surface area contributed by atoms with Gasteiger partial charge in [0, 0.05) is 26.2 Å². The van der Waals surface area contributed by atoms with Crippen LogP contribution in [0.15, 0.2) is 0 Å². The van der Waals surface area contributed by atoms with Gasteiger partial charge in [0.1, 0.15) is 0 Å². The van der Waals surface area contributed by atoms with Crippen molar-refractivity contribution in [1.29, 1.82) is 0 Å². The lowest BCUT2D eigenvalue weighted by Crippen LogP contribution is -2.47. The molecule has 2 N–H and O–H groups in total. The molecule has 120 valence electrons. The van der Waals surface area contributed by atoms with E-state index in [9.17, 15) is 18.0 Å². The van der Waals surface area contributed by atoms with Crippen LogP contribution in [0.3, 0.4) is 0 Å². The molecular weight excluding hydrogens is 318 g/mol. The van der Waals surface area contributed by atoms with Gasteiger partial charge >= 0.3 is 6.18 Å². The second-order valence-electron chi connectivity index (χ2n) is 5.19. The summed E-state index contributed by atoms with van der Waals surface area (Å²) in [5.41, 5.74) is 5.10. The van der Waals surface area contributed by atoms with Crippen LogP contribution < -0.4 is 5.73 Å². The van der Waals surface area contributed by atoms with E-state index in [2.05, 4.69) is 0 Å². The van der Waals surface area contributed by atoms with Crippen LogP contribution in [0, 0.1) is 0 Å². The third kappa shape index (κ3) is 5.27. The van der Waals surface area contributed by atoms with Crippen molar-refractivity contribution in [3.8, 4) is 0 Å². The molecule has 0 radical (unpaired) electrons. The molecule has 0 atom stereocenters. The van der Waals surface area contributed by atoms with Crippen molar-refractivity contribution in [1.82, 2.24) is 9.80 Å². The first kappa shape index (κ1) is 19.8. The Morgan fingerprint density at radius 2 is 1.70 bits per heavy atom. The lowest BCUT2D eigenvalue weighted by atomic mass is 10.2. The second kappa shape index (κ2) is 7.15. The first-order valence-electron chi connectivity index (χ1n) is 6.18. The predicted octanol–water partition coefficient (Wildman–Crippen LogP) is 1.42. The molecule has 4 nitrogen and oxygen atoms in total. The minimum absolute atomic E-state index is 0. The van der Waals surface area contributed by atoms with Gasteiger partial charge in [-0.3, -0.25) is 9.69 Å². The summed E-state index contributed by atoms with van der Waals surface area (Å²) in [6.07, 6.45) is -2.23. The maximum atomic E-state index is 12.3. The highest BCUT2D eigenvalue weighted by Crippen LogP contribution is 2.34. The third-order valence-electron chi connectivity index (χ3n) is 3.49. The molecule has 0 aromatic rings. The highest BCUT2D eigenvalue weighted by Gasteiger charge is 2.48. The number of alkyl halides is 3. The standard InChI is InChI=1S/C11H18F3N3O.2ClH/c12-11(13,14)8-16-4-1-5-17(7-6-16)9(18)10(15)2-3-10;;/h1-8,15H2;2*1H. The highest BCUT2D eigenvalue weighted by molar-refractivity contribution is 5.89. The maximum Gasteiger partial charge on any atom is 0.401 e. The third-order valence-corrected chi connectivity index (χ3v) is 3.49. The Morgan fingerprint density at radius 3 is 2.20 bits per heavy atom. The van der Waals surface area contributed by atoms with Crippen molar-refractivity contribution < 1.29 is 18.0 Å². The summed E-state index contributed by atoms with van der Waals surface area (Å²) in [7, 11) is 0. The van der Waals surface area contributed by atoms with Gasteiger partial charge < -0.3 is 10.6 Å². The Kier molecular flexibility index (Phi) is 7.07. The van der Waals surface area contributed by atoms with Gasteiger partial charge in [-0.1, -0.05) is 0 Å². The zero-order valence-corrected chi connectivity index (χ0v) is 12.6. The number of nitrogens with zero attached hydrogens (tertiary/aromatic N) is 2. The van der Waals surface area contributed by atoms with Crippen LogP contribution in [0.25, 0.3) is 0 Å². The zero-order valence-electron chi connectivity index (χ0n) is 11.0. The minimum atomic E-state index is -4.18. The fraction of sp³-hybridized carbons (Fsp3) is 0.909. The number of nitrogens with two attached hydrogens (primary N) is 1. The lowest BCUT2D eigenvalue weighted by molar-refractivity contribution is -0.145. The van der Waals surface area contributed by atoms with E-state index < -0.39 is 18.3 Å². The molecule has 0 unspecified atom stereocenters. The van der Waals surface area contributed by atoms with Crippen LogP contribution >= 0.6 is 24.8 Å². The Labute approximate surface area is 128 Å². The quantitative estimate of drug-likeness (QED) is 0.829. The van der Waals surface area contributed by atoms with E-state index in [1.807, 2.05) is 0 Å². The van der Waals surface area contributed by atoms with E-state index in [0.717, 1.165) is 0 Å². The molecule has 1 saturated heterocycles. The highest BCUT2D eigenvalue weighted by atomic mass is 35.5. The van der Waals surface area contributed by atoms with Gasteiger partial charge in [0.2, 0.25) is 5.91 Å². The number of amides is 1. The van der Waals surface area contributed by atoms with Gasteiger partial charge in [-0.15, -0.1) is 24.8 Å². The number of carbonyl (C=O) groups is 1. The van der Waals surface area contributed by atoms with E-state index in [4.69, 9.17) is 5.73 Å². The molecule has 2 rings (SSSR count). The maximum absolute atomic E-state index is 12.3. The first-order chi connectivity index (χ1) is 8.30. The van der Waals surface area contributed by atoms with Crippen molar-refractivity contribution in [2.45, 2.75) is 31.0 Å². The summed E-state index contributed by atoms with van der Waals surface area (Å²) < 4.78 is 36.9. The average Bonchev–Trinajstić information content (AvgIpc) is 3.01. The predicted molar refractivity (Wildman–Crippen MR) is 74.3 cm³/mol. The summed E-state index contributed by atoms with van der Waals surface area (Å²) in [6, 6.07) is 0.